The summed E-state index contributed by atoms with van der Waals surface area (Å²) in [6.45, 7) is 11.4. The van der Waals surface area contributed by atoms with Crippen LogP contribution in [0.25, 0.3) is 56.7 Å². The molecular weight excluding hydrogens is 863 g/mol. The fraction of sp³-hybridized carbons (Fsp3) is 0.286. The molecule has 306 valence electrons. The molecule has 60 heavy (non-hydrogen) atoms. The van der Waals surface area contributed by atoms with Gasteiger partial charge in [-0.15, -0.1) is 24.8 Å². The minimum absolute atomic E-state index is 0. The van der Waals surface area contributed by atoms with Crippen molar-refractivity contribution < 1.29 is 17.4 Å². The second-order valence-corrected chi connectivity index (χ2v) is 50.4. The van der Waals surface area contributed by atoms with Crippen LogP contribution in [0.5, 0.6) is 0 Å². The molecule has 2 atom stereocenters. The molecule has 0 amide bonds. The third-order valence-electron chi connectivity index (χ3n) is 14.3. The summed E-state index contributed by atoms with van der Waals surface area (Å²) in [6, 6.07) is 47.4. The predicted molar refractivity (Wildman–Crippen MR) is 264 cm³/mol. The molecule has 2 unspecified atom stereocenters. The first-order valence-corrected chi connectivity index (χ1v) is 35.7. The second-order valence-electron chi connectivity index (χ2n) is 20.0. The van der Waals surface area contributed by atoms with E-state index in [9.17, 15) is 0 Å². The van der Waals surface area contributed by atoms with E-state index in [1.807, 2.05) is 0 Å². The fourth-order valence-electron chi connectivity index (χ4n) is 11.1. The Morgan fingerprint density at radius 2 is 0.683 bits per heavy atom. The van der Waals surface area contributed by atoms with Crippen molar-refractivity contribution in [1.82, 2.24) is 0 Å². The zero-order valence-electron chi connectivity index (χ0n) is 36.3. The quantitative estimate of drug-likeness (QED) is 0.120. The maximum Gasteiger partial charge on any atom is -0.147 e. The summed E-state index contributed by atoms with van der Waals surface area (Å²) >= 11 is -4.12. The van der Waals surface area contributed by atoms with Gasteiger partial charge in [0.2, 0.25) is 0 Å². The molecule has 0 aromatic heterocycles. The molecule has 4 aliphatic carbocycles. The van der Waals surface area contributed by atoms with Crippen LogP contribution in [0.1, 0.15) is 90.3 Å². The second kappa shape index (κ2) is 16.3. The average molecular weight is 923 g/mol. The first kappa shape index (κ1) is 43.1. The van der Waals surface area contributed by atoms with Crippen molar-refractivity contribution >= 4 is 43.8 Å². The largest absolute Gasteiger partial charge is 0.147 e. The van der Waals surface area contributed by atoms with E-state index in [2.05, 4.69) is 177 Å². The zero-order chi connectivity index (χ0) is 39.9. The van der Waals surface area contributed by atoms with Crippen molar-refractivity contribution in [1.29, 1.82) is 0 Å². The Bertz CT molecular complexity index is 2540. The van der Waals surface area contributed by atoms with E-state index in [-0.39, 0.29) is 24.8 Å². The van der Waals surface area contributed by atoms with E-state index in [0.29, 0.717) is 7.25 Å². The molecule has 0 bridgehead atoms. The molecule has 0 spiro atoms. The molecule has 2 saturated carbocycles. The summed E-state index contributed by atoms with van der Waals surface area (Å²) in [7, 11) is 0. The maximum atomic E-state index is 2.90. The van der Waals surface area contributed by atoms with Crippen LogP contribution < -0.4 is 0 Å². The van der Waals surface area contributed by atoms with Gasteiger partial charge in [0.15, 0.2) is 0 Å². The third-order valence-corrected chi connectivity index (χ3v) is 31.7. The molecule has 10 rings (SSSR count). The molecule has 0 saturated heterocycles. The zero-order valence-corrected chi connectivity index (χ0v) is 41.8. The monoisotopic (exact) mass is 920 g/mol. The van der Waals surface area contributed by atoms with Gasteiger partial charge in [-0.1, -0.05) is 0 Å². The summed E-state index contributed by atoms with van der Waals surface area (Å²) in [5.74, 6) is 1.63. The molecule has 4 aliphatic rings. The van der Waals surface area contributed by atoms with Crippen molar-refractivity contribution in [2.24, 2.45) is 11.8 Å². The van der Waals surface area contributed by atoms with E-state index >= 15 is 0 Å². The van der Waals surface area contributed by atoms with Crippen LogP contribution >= 0.6 is 24.8 Å². The van der Waals surface area contributed by atoms with Crippen molar-refractivity contribution in [2.75, 3.05) is 0 Å². The third kappa shape index (κ3) is 7.90. The summed E-state index contributed by atoms with van der Waals surface area (Å²) in [5, 5.41) is 0. The Kier molecular flexibility index (Phi) is 11.7. The van der Waals surface area contributed by atoms with Gasteiger partial charge in [0, 0.05) is 0 Å². The fourth-order valence-corrected chi connectivity index (χ4v) is 30.6. The van der Waals surface area contributed by atoms with Crippen LogP contribution in [0, 0.1) is 39.5 Å². The Morgan fingerprint density at radius 1 is 0.417 bits per heavy atom. The Labute approximate surface area is 374 Å². The van der Waals surface area contributed by atoms with Crippen molar-refractivity contribution in [3.05, 3.63) is 177 Å². The topological polar surface area (TPSA) is 0 Å². The molecule has 2 fully saturated rings. The van der Waals surface area contributed by atoms with Crippen molar-refractivity contribution in [2.45, 2.75) is 82.7 Å². The number of hydrogen-bond acceptors (Lipinski definition) is 0. The van der Waals surface area contributed by atoms with Gasteiger partial charge in [0.25, 0.3) is 0 Å². The van der Waals surface area contributed by atoms with Crippen LogP contribution in [0.3, 0.4) is 0 Å². The average Bonchev–Trinajstić information content (AvgIpc) is 4.12. The summed E-state index contributed by atoms with van der Waals surface area (Å²) in [5.41, 5.74) is 26.1. The van der Waals surface area contributed by atoms with Crippen LogP contribution in [0.4, 0.5) is 0 Å². The summed E-state index contributed by atoms with van der Waals surface area (Å²) in [4.78, 5) is 0. The van der Waals surface area contributed by atoms with Gasteiger partial charge >= 0.3 is 352 Å². The van der Waals surface area contributed by atoms with E-state index in [4.69, 9.17) is 0 Å². The molecule has 4 heteroatoms. The van der Waals surface area contributed by atoms with Gasteiger partial charge in [-0.2, -0.15) is 0 Å². The Morgan fingerprint density at radius 3 is 0.967 bits per heavy atom. The van der Waals surface area contributed by atoms with Crippen molar-refractivity contribution in [3.63, 3.8) is 0 Å². The van der Waals surface area contributed by atoms with Crippen LogP contribution in [-0.2, 0) is 17.4 Å². The number of hydrogen-bond donors (Lipinski definition) is 0. The van der Waals surface area contributed by atoms with E-state index in [0.717, 1.165) is 11.8 Å². The number of fused-ring (bicyclic) bond motifs is 2. The van der Waals surface area contributed by atoms with Gasteiger partial charge in [-0.25, -0.2) is 0 Å². The van der Waals surface area contributed by atoms with E-state index < -0.39 is 17.4 Å². The summed E-state index contributed by atoms with van der Waals surface area (Å²) < 4.78 is 6.69. The molecule has 6 aromatic carbocycles. The van der Waals surface area contributed by atoms with Gasteiger partial charge in [-0.05, 0) is 0 Å². The molecule has 0 radical (unpaired) electrons. The van der Waals surface area contributed by atoms with Gasteiger partial charge < -0.3 is 0 Å². The number of rotatable bonds is 10. The first-order valence-electron chi connectivity index (χ1n) is 22.0. The summed E-state index contributed by atoms with van der Waals surface area (Å²) in [6.07, 6.45) is 13.4. The molecule has 0 heterocycles. The molecule has 0 N–H and O–H groups in total. The van der Waals surface area contributed by atoms with E-state index in [1.165, 1.54) is 116 Å². The molecule has 0 nitrogen and oxygen atoms in total. The smallest absolute Gasteiger partial charge is 0.147 e. The normalized spacial score (nSPS) is 18.2. The Balaban J connectivity index is 0.00000249. The minimum Gasteiger partial charge on any atom is -0.147 e. The van der Waals surface area contributed by atoms with Gasteiger partial charge in [0.1, 0.15) is 0 Å². The van der Waals surface area contributed by atoms with Crippen LogP contribution in [0.15, 0.2) is 132 Å². The maximum absolute atomic E-state index is 4.12. The van der Waals surface area contributed by atoms with Crippen LogP contribution in [-0.4, -0.2) is 6.88 Å². The van der Waals surface area contributed by atoms with Crippen molar-refractivity contribution in [3.8, 4) is 44.5 Å². The SMILES string of the molecule is Cc1ccc(-c2ccc(-c3ccc(C)cc3)c3c2C=C(CC2CC2)[CH]3[Zr]([CH3])([CH3])(=[SiH2])[CH]2C(CC3CC3)=Cc3c(-c4ccc(C)cc4)ccc(-c4ccc(C)cc4)c32)cc1.Cl.Cl. The molecular formula is C56H60Cl2SiZr. The van der Waals surface area contributed by atoms with Crippen LogP contribution in [0.2, 0.25) is 9.26 Å². The standard InChI is InChI=1S/2C27H25.2CH3.2ClH.H2Si.Zr/c2*1-18-3-9-22(10-4-18)24-13-14-25(23-11-5-19(2)6-12-23)27-17-21(16-26(24)27)15-20-7-8-20;;;;;;/h2*3-6,9-14,16-17,20H,7-8,15H2,1-2H3;2*1H3;2*1H;1H2;. The Hall–Kier alpha value is -3.52. The minimum atomic E-state index is -4.12. The molecule has 0 aliphatic heterocycles. The number of halogens is 2. The van der Waals surface area contributed by atoms with E-state index in [1.54, 1.807) is 22.3 Å². The number of allylic oxidation sites excluding steroid dienone is 2. The predicted octanol–water partition coefficient (Wildman–Crippen LogP) is 15.9. The molecule has 6 aromatic rings. The van der Waals surface area contributed by atoms with Gasteiger partial charge in [0.05, 0.1) is 0 Å². The number of benzene rings is 6. The van der Waals surface area contributed by atoms with Gasteiger partial charge in [-0.3, -0.25) is 0 Å². The number of aryl methyl sites for hydroxylation is 4. The first-order chi connectivity index (χ1) is 27.9.